The summed E-state index contributed by atoms with van der Waals surface area (Å²) in [6, 6.07) is 7.65. The number of hydrogen-bond donors (Lipinski definition) is 2. The van der Waals surface area contributed by atoms with Gasteiger partial charge in [-0.25, -0.2) is 0 Å². The molecule has 0 bridgehead atoms. The number of fused-ring (bicyclic) bond motifs is 1. The normalized spacial score (nSPS) is 20.5. The van der Waals surface area contributed by atoms with Crippen molar-refractivity contribution in [2.75, 3.05) is 20.7 Å². The summed E-state index contributed by atoms with van der Waals surface area (Å²) in [7, 11) is 3.93. The van der Waals surface area contributed by atoms with Crippen molar-refractivity contribution >= 4 is 16.9 Å². The van der Waals surface area contributed by atoms with E-state index in [1.807, 2.05) is 55.4 Å². The highest BCUT2D eigenvalue weighted by molar-refractivity contribution is 5.99. The average Bonchev–Trinajstić information content (AvgIpc) is 3.12. The maximum absolute atomic E-state index is 12.6. The Hall–Kier alpha value is -2.11. The van der Waals surface area contributed by atoms with Crippen LogP contribution in [0.3, 0.4) is 0 Å². The Labute approximate surface area is 135 Å². The minimum absolute atomic E-state index is 0.0555. The van der Waals surface area contributed by atoms with E-state index in [1.165, 1.54) is 0 Å². The number of hydrogen-bond acceptors (Lipinski definition) is 4. The van der Waals surface area contributed by atoms with Crippen molar-refractivity contribution in [3.05, 3.63) is 47.7 Å². The van der Waals surface area contributed by atoms with E-state index >= 15 is 0 Å². The van der Waals surface area contributed by atoms with Crippen LogP contribution in [0.5, 0.6) is 0 Å². The molecule has 1 aliphatic carbocycles. The number of carbonyl (C=O) groups is 1. The number of rotatable bonds is 5. The molecule has 0 saturated carbocycles. The first kappa shape index (κ1) is 15.8. The maximum atomic E-state index is 12.6. The number of para-hydroxylation sites is 1. The fourth-order valence-electron chi connectivity index (χ4n) is 3.01. The Morgan fingerprint density at radius 2 is 2.13 bits per heavy atom. The van der Waals surface area contributed by atoms with Gasteiger partial charge in [0.25, 0.3) is 5.91 Å². The fraction of sp³-hybridized carbons (Fsp3) is 0.389. The lowest BCUT2D eigenvalue weighted by Crippen LogP contribution is -2.33. The second-order valence-corrected chi connectivity index (χ2v) is 6.29. The van der Waals surface area contributed by atoms with Crippen LogP contribution in [0.1, 0.15) is 22.5 Å². The highest BCUT2D eigenvalue weighted by atomic mass is 16.3. The van der Waals surface area contributed by atoms with E-state index in [0.717, 1.165) is 23.0 Å². The number of aliphatic hydroxyl groups is 1. The van der Waals surface area contributed by atoms with E-state index < -0.39 is 0 Å². The van der Waals surface area contributed by atoms with Gasteiger partial charge >= 0.3 is 0 Å². The number of furan rings is 1. The van der Waals surface area contributed by atoms with E-state index in [9.17, 15) is 9.90 Å². The molecule has 5 nitrogen and oxygen atoms in total. The molecule has 1 amide bonds. The standard InChI is InChI=1S/C18H22N2O3/c1-20(2)10-15-14-5-3-4-6-16(14)23-17(15)18(22)19-13-8-7-12(9-13)11-21/h3-8,12-13,21H,9-11H2,1-2H3,(H,19,22)/t12-,13+/m0/s1. The summed E-state index contributed by atoms with van der Waals surface area (Å²) >= 11 is 0. The maximum Gasteiger partial charge on any atom is 0.287 e. The summed E-state index contributed by atoms with van der Waals surface area (Å²) in [5, 5.41) is 13.1. The first-order valence-electron chi connectivity index (χ1n) is 7.83. The van der Waals surface area contributed by atoms with Crippen LogP contribution in [-0.2, 0) is 6.54 Å². The van der Waals surface area contributed by atoms with Crippen molar-refractivity contribution in [1.82, 2.24) is 10.2 Å². The fourth-order valence-corrected chi connectivity index (χ4v) is 3.01. The van der Waals surface area contributed by atoms with Crippen LogP contribution in [0.25, 0.3) is 11.0 Å². The lowest BCUT2D eigenvalue weighted by atomic mass is 10.1. The van der Waals surface area contributed by atoms with E-state index in [4.69, 9.17) is 4.42 Å². The zero-order chi connectivity index (χ0) is 16.4. The zero-order valence-corrected chi connectivity index (χ0v) is 13.5. The van der Waals surface area contributed by atoms with E-state index in [1.54, 1.807) is 0 Å². The Bertz CT molecular complexity index is 733. The van der Waals surface area contributed by atoms with Crippen LogP contribution in [0.2, 0.25) is 0 Å². The highest BCUT2D eigenvalue weighted by Crippen LogP contribution is 2.27. The summed E-state index contributed by atoms with van der Waals surface area (Å²) < 4.78 is 5.81. The van der Waals surface area contributed by atoms with Crippen LogP contribution in [0.4, 0.5) is 0 Å². The Kier molecular flexibility index (Phi) is 4.50. The predicted molar refractivity (Wildman–Crippen MR) is 89.2 cm³/mol. The molecule has 23 heavy (non-hydrogen) atoms. The summed E-state index contributed by atoms with van der Waals surface area (Å²) in [4.78, 5) is 14.7. The van der Waals surface area contributed by atoms with Gasteiger partial charge in [0.05, 0.1) is 0 Å². The molecular weight excluding hydrogens is 292 g/mol. The Morgan fingerprint density at radius 3 is 2.83 bits per heavy atom. The Balaban J connectivity index is 1.86. The van der Waals surface area contributed by atoms with Gasteiger partial charge in [-0.05, 0) is 26.6 Å². The van der Waals surface area contributed by atoms with Crippen molar-refractivity contribution in [1.29, 1.82) is 0 Å². The molecule has 122 valence electrons. The largest absolute Gasteiger partial charge is 0.451 e. The molecule has 2 N–H and O–H groups in total. The predicted octanol–water partition coefficient (Wildman–Crippen LogP) is 2.16. The van der Waals surface area contributed by atoms with Crippen LogP contribution >= 0.6 is 0 Å². The van der Waals surface area contributed by atoms with Gasteiger partial charge in [0, 0.05) is 36.1 Å². The molecule has 1 aliphatic rings. The van der Waals surface area contributed by atoms with Gasteiger partial charge in [0.2, 0.25) is 0 Å². The lowest BCUT2D eigenvalue weighted by molar-refractivity contribution is 0.0913. The molecule has 0 saturated heterocycles. The topological polar surface area (TPSA) is 65.7 Å². The minimum Gasteiger partial charge on any atom is -0.451 e. The number of aliphatic hydroxyl groups excluding tert-OH is 1. The Morgan fingerprint density at radius 1 is 1.35 bits per heavy atom. The molecule has 0 radical (unpaired) electrons. The van der Waals surface area contributed by atoms with Crippen molar-refractivity contribution in [2.24, 2.45) is 5.92 Å². The van der Waals surface area contributed by atoms with E-state index in [-0.39, 0.29) is 24.5 Å². The summed E-state index contributed by atoms with van der Waals surface area (Å²) in [5.41, 5.74) is 1.63. The van der Waals surface area contributed by atoms with Crippen LogP contribution in [0, 0.1) is 5.92 Å². The molecule has 0 fully saturated rings. The van der Waals surface area contributed by atoms with Gasteiger partial charge in [0.1, 0.15) is 5.58 Å². The lowest BCUT2D eigenvalue weighted by Gasteiger charge is -2.13. The van der Waals surface area contributed by atoms with Crippen molar-refractivity contribution in [3.63, 3.8) is 0 Å². The minimum atomic E-state index is -0.203. The average molecular weight is 314 g/mol. The molecule has 2 aromatic rings. The van der Waals surface area contributed by atoms with E-state index in [0.29, 0.717) is 12.3 Å². The third-order valence-corrected chi connectivity index (χ3v) is 4.10. The highest BCUT2D eigenvalue weighted by Gasteiger charge is 2.25. The molecule has 1 aromatic carbocycles. The van der Waals surface area contributed by atoms with Gasteiger partial charge < -0.3 is 19.7 Å². The molecule has 5 heteroatoms. The second kappa shape index (κ2) is 6.56. The van der Waals surface area contributed by atoms with Crippen molar-refractivity contribution < 1.29 is 14.3 Å². The quantitative estimate of drug-likeness (QED) is 0.830. The molecule has 0 aliphatic heterocycles. The molecule has 1 heterocycles. The van der Waals surface area contributed by atoms with Gasteiger partial charge in [-0.15, -0.1) is 0 Å². The summed E-state index contributed by atoms with van der Waals surface area (Å²) in [6.45, 7) is 0.749. The first-order valence-corrected chi connectivity index (χ1v) is 7.83. The third-order valence-electron chi connectivity index (χ3n) is 4.10. The van der Waals surface area contributed by atoms with Crippen LogP contribution in [0.15, 0.2) is 40.8 Å². The molecule has 2 atom stereocenters. The van der Waals surface area contributed by atoms with Gasteiger partial charge in [-0.3, -0.25) is 4.79 Å². The smallest absolute Gasteiger partial charge is 0.287 e. The number of nitrogens with zero attached hydrogens (tertiary/aromatic N) is 1. The van der Waals surface area contributed by atoms with Crippen LogP contribution in [-0.4, -0.2) is 42.7 Å². The molecular formula is C18H22N2O3. The van der Waals surface area contributed by atoms with Gasteiger partial charge in [-0.1, -0.05) is 30.4 Å². The van der Waals surface area contributed by atoms with Crippen LogP contribution < -0.4 is 5.32 Å². The number of carbonyl (C=O) groups excluding carboxylic acids is 1. The summed E-state index contributed by atoms with van der Waals surface area (Å²) in [5.74, 6) is 0.296. The second-order valence-electron chi connectivity index (χ2n) is 6.29. The molecule has 0 spiro atoms. The third kappa shape index (κ3) is 3.30. The SMILES string of the molecule is CN(C)Cc1c(C(=O)N[C@@H]2C=C[C@H](CO)C2)oc2ccccc12. The van der Waals surface area contributed by atoms with Gasteiger partial charge in [0.15, 0.2) is 5.76 Å². The summed E-state index contributed by atoms with van der Waals surface area (Å²) in [6.07, 6.45) is 4.61. The monoisotopic (exact) mass is 314 g/mol. The van der Waals surface area contributed by atoms with Gasteiger partial charge in [-0.2, -0.15) is 0 Å². The van der Waals surface area contributed by atoms with Crippen molar-refractivity contribution in [3.8, 4) is 0 Å². The zero-order valence-electron chi connectivity index (χ0n) is 13.5. The molecule has 3 rings (SSSR count). The molecule has 1 aromatic heterocycles. The van der Waals surface area contributed by atoms with E-state index in [2.05, 4.69) is 5.32 Å². The van der Waals surface area contributed by atoms with Crippen molar-refractivity contribution in [2.45, 2.75) is 19.0 Å². The number of nitrogens with one attached hydrogen (secondary N) is 1. The first-order chi connectivity index (χ1) is 11.1. The number of benzene rings is 1. The number of amides is 1. The molecule has 0 unspecified atom stereocenters.